The van der Waals surface area contributed by atoms with E-state index in [1.807, 2.05) is 24.3 Å². The number of carboxylic acids is 1. The van der Waals surface area contributed by atoms with Crippen LogP contribution in [0.1, 0.15) is 18.3 Å². The predicted octanol–water partition coefficient (Wildman–Crippen LogP) is 3.48. The number of rotatable bonds is 5. The number of nitrogens with one attached hydrogen (secondary N) is 1. The highest BCUT2D eigenvalue weighted by Gasteiger charge is 2.12. The second-order valence-electron chi connectivity index (χ2n) is 5.44. The molecule has 3 rings (SSSR count). The summed E-state index contributed by atoms with van der Waals surface area (Å²) < 4.78 is 5.28. The van der Waals surface area contributed by atoms with Crippen molar-refractivity contribution in [3.05, 3.63) is 59.9 Å². The molecule has 0 aliphatic rings. The number of allylic oxidation sites excluding steroid dienone is 1. The highest BCUT2D eigenvalue weighted by Crippen LogP contribution is 2.21. The molecule has 0 bridgehead atoms. The van der Waals surface area contributed by atoms with Crippen LogP contribution in [-0.4, -0.2) is 27.1 Å². The Morgan fingerprint density at radius 2 is 2.00 bits per heavy atom. The van der Waals surface area contributed by atoms with Gasteiger partial charge in [0, 0.05) is 0 Å². The molecule has 124 valence electrons. The molecular weight excluding hydrogens is 318 g/mol. The molecule has 0 aliphatic carbocycles. The third kappa shape index (κ3) is 3.67. The molecule has 1 aromatic heterocycles. The van der Waals surface area contributed by atoms with Gasteiger partial charge in [-0.2, -0.15) is 5.26 Å². The molecule has 0 saturated carbocycles. The lowest BCUT2D eigenvalue weighted by atomic mass is 10.1. The summed E-state index contributed by atoms with van der Waals surface area (Å²) in [6.45, 7) is 1.46. The zero-order chi connectivity index (χ0) is 17.8. The van der Waals surface area contributed by atoms with E-state index in [0.29, 0.717) is 17.1 Å². The fourth-order valence-electron chi connectivity index (χ4n) is 2.30. The summed E-state index contributed by atoms with van der Waals surface area (Å²) in [5.74, 6) is -0.0709. The van der Waals surface area contributed by atoms with Crippen molar-refractivity contribution in [2.75, 3.05) is 0 Å². The van der Waals surface area contributed by atoms with E-state index < -0.39 is 12.1 Å². The maximum atomic E-state index is 10.8. The number of H-pyrrole nitrogens is 1. The van der Waals surface area contributed by atoms with Crippen molar-refractivity contribution in [2.45, 2.75) is 13.0 Å². The van der Waals surface area contributed by atoms with Crippen LogP contribution in [0, 0.1) is 11.3 Å². The second-order valence-corrected chi connectivity index (χ2v) is 5.44. The number of aliphatic carboxylic acids is 1. The number of fused-ring (bicyclic) bond motifs is 1. The van der Waals surface area contributed by atoms with Crippen molar-refractivity contribution in [3.63, 3.8) is 0 Å². The summed E-state index contributed by atoms with van der Waals surface area (Å²) in [4.78, 5) is 18.3. The molecule has 0 aliphatic heterocycles. The molecule has 25 heavy (non-hydrogen) atoms. The number of carboxylic acid groups (broad SMARTS) is 1. The van der Waals surface area contributed by atoms with Crippen LogP contribution in [0.15, 0.2) is 48.5 Å². The van der Waals surface area contributed by atoms with Gasteiger partial charge in [-0.05, 0) is 42.8 Å². The first-order valence-electron chi connectivity index (χ1n) is 7.63. The smallest absolute Gasteiger partial charge is 0.344 e. The van der Waals surface area contributed by atoms with E-state index in [2.05, 4.69) is 16.0 Å². The Morgan fingerprint density at radius 1 is 1.28 bits per heavy atom. The summed E-state index contributed by atoms with van der Waals surface area (Å²) in [6.07, 6.45) is 0.786. The summed E-state index contributed by atoms with van der Waals surface area (Å²) in [6, 6.07) is 16.5. The van der Waals surface area contributed by atoms with Crippen LogP contribution in [-0.2, 0) is 4.79 Å². The Hall–Kier alpha value is -3.59. The standard InChI is InChI=1S/C19H15N3O3/c1-12(19(23)24)25-15-8-6-13(7-9-15)10-14(11-20)18-21-16-4-2-3-5-17(16)22-18/h2-10,12H,1H3,(H,21,22)(H,23,24)/b14-10+/t12-/m1/s1. The van der Waals surface area contributed by atoms with Crippen LogP contribution in [0.2, 0.25) is 0 Å². The van der Waals surface area contributed by atoms with Gasteiger partial charge in [0.2, 0.25) is 0 Å². The molecule has 0 saturated heterocycles. The minimum Gasteiger partial charge on any atom is -0.479 e. The number of ether oxygens (including phenoxy) is 1. The lowest BCUT2D eigenvalue weighted by Crippen LogP contribution is -2.22. The number of carbonyl (C=O) groups is 1. The Morgan fingerprint density at radius 3 is 2.64 bits per heavy atom. The Labute approximate surface area is 144 Å². The zero-order valence-corrected chi connectivity index (χ0v) is 13.4. The molecule has 0 amide bonds. The second kappa shape index (κ2) is 6.89. The number of nitriles is 1. The number of benzene rings is 2. The Balaban J connectivity index is 1.85. The molecule has 6 heteroatoms. The van der Waals surface area contributed by atoms with E-state index in [9.17, 15) is 10.1 Å². The van der Waals surface area contributed by atoms with Crippen LogP contribution in [0.5, 0.6) is 5.75 Å². The third-order valence-corrected chi connectivity index (χ3v) is 3.62. The molecule has 6 nitrogen and oxygen atoms in total. The quantitative estimate of drug-likeness (QED) is 0.696. The molecule has 2 N–H and O–H groups in total. The monoisotopic (exact) mass is 333 g/mol. The average molecular weight is 333 g/mol. The number of aromatic amines is 1. The lowest BCUT2D eigenvalue weighted by Gasteiger charge is -2.10. The highest BCUT2D eigenvalue weighted by atomic mass is 16.5. The van der Waals surface area contributed by atoms with Gasteiger partial charge in [-0.3, -0.25) is 0 Å². The summed E-state index contributed by atoms with van der Waals surface area (Å²) >= 11 is 0. The molecule has 2 aromatic carbocycles. The largest absolute Gasteiger partial charge is 0.479 e. The number of hydrogen-bond acceptors (Lipinski definition) is 4. The van der Waals surface area contributed by atoms with Crippen LogP contribution >= 0.6 is 0 Å². The molecule has 0 radical (unpaired) electrons. The first-order valence-corrected chi connectivity index (χ1v) is 7.63. The maximum absolute atomic E-state index is 10.8. The molecule has 1 atom stereocenters. The predicted molar refractivity (Wildman–Crippen MR) is 93.7 cm³/mol. The summed E-state index contributed by atoms with van der Waals surface area (Å²) in [5.41, 5.74) is 2.85. The zero-order valence-electron chi connectivity index (χ0n) is 13.4. The highest BCUT2D eigenvalue weighted by molar-refractivity contribution is 5.90. The SMILES string of the molecule is C[C@@H](Oc1ccc(/C=C(\C#N)c2nc3ccccc3[nH]2)cc1)C(=O)O. The number of para-hydroxylation sites is 2. The van der Waals surface area contributed by atoms with E-state index in [1.54, 1.807) is 30.3 Å². The molecule has 3 aromatic rings. The fraction of sp³-hybridized carbons (Fsp3) is 0.105. The van der Waals surface area contributed by atoms with Crippen LogP contribution in [0.3, 0.4) is 0 Å². The molecule has 0 fully saturated rings. The molecular formula is C19H15N3O3. The molecule has 0 unspecified atom stereocenters. The minimum absolute atomic E-state index is 0.406. The van der Waals surface area contributed by atoms with Gasteiger partial charge in [-0.15, -0.1) is 0 Å². The maximum Gasteiger partial charge on any atom is 0.344 e. The van der Waals surface area contributed by atoms with Gasteiger partial charge in [0.25, 0.3) is 0 Å². The lowest BCUT2D eigenvalue weighted by molar-refractivity contribution is -0.144. The normalized spacial score (nSPS) is 12.6. The van der Waals surface area contributed by atoms with Crippen molar-refractivity contribution in [2.24, 2.45) is 0 Å². The number of hydrogen-bond donors (Lipinski definition) is 2. The van der Waals surface area contributed by atoms with Crippen LogP contribution < -0.4 is 4.74 Å². The number of imidazole rings is 1. The Bertz CT molecular complexity index is 948. The van der Waals surface area contributed by atoms with E-state index in [0.717, 1.165) is 16.6 Å². The van der Waals surface area contributed by atoms with Gasteiger partial charge in [0.05, 0.1) is 16.6 Å². The van der Waals surface area contributed by atoms with E-state index in [4.69, 9.17) is 9.84 Å². The first-order chi connectivity index (χ1) is 12.1. The van der Waals surface area contributed by atoms with E-state index in [1.165, 1.54) is 6.92 Å². The molecule has 1 heterocycles. The summed E-state index contributed by atoms with van der Waals surface area (Å²) in [7, 11) is 0. The van der Waals surface area contributed by atoms with E-state index in [-0.39, 0.29) is 0 Å². The Kier molecular flexibility index (Phi) is 4.48. The van der Waals surface area contributed by atoms with E-state index >= 15 is 0 Å². The first kappa shape index (κ1) is 16.3. The minimum atomic E-state index is -1.03. The van der Waals surface area contributed by atoms with Crippen molar-refractivity contribution >= 4 is 28.7 Å². The van der Waals surface area contributed by atoms with Gasteiger partial charge < -0.3 is 14.8 Å². The fourth-order valence-corrected chi connectivity index (χ4v) is 2.30. The average Bonchev–Trinajstić information content (AvgIpc) is 3.04. The number of aromatic nitrogens is 2. The van der Waals surface area contributed by atoms with Crippen molar-refractivity contribution in [3.8, 4) is 11.8 Å². The van der Waals surface area contributed by atoms with Gasteiger partial charge in [-0.1, -0.05) is 24.3 Å². The van der Waals surface area contributed by atoms with Crippen LogP contribution in [0.25, 0.3) is 22.7 Å². The van der Waals surface area contributed by atoms with Gasteiger partial charge >= 0.3 is 5.97 Å². The third-order valence-electron chi connectivity index (χ3n) is 3.62. The molecule has 0 spiro atoms. The van der Waals surface area contributed by atoms with Crippen molar-refractivity contribution in [1.29, 1.82) is 5.26 Å². The number of nitrogens with zero attached hydrogens (tertiary/aromatic N) is 2. The van der Waals surface area contributed by atoms with Crippen LogP contribution in [0.4, 0.5) is 0 Å². The topological polar surface area (TPSA) is 99.0 Å². The van der Waals surface area contributed by atoms with Crippen molar-refractivity contribution < 1.29 is 14.6 Å². The summed E-state index contributed by atoms with van der Waals surface area (Å²) in [5, 5.41) is 18.3. The van der Waals surface area contributed by atoms with Gasteiger partial charge in [0.1, 0.15) is 17.6 Å². The van der Waals surface area contributed by atoms with Gasteiger partial charge in [-0.25, -0.2) is 9.78 Å². The van der Waals surface area contributed by atoms with Gasteiger partial charge in [0.15, 0.2) is 6.10 Å². The van der Waals surface area contributed by atoms with Crippen molar-refractivity contribution in [1.82, 2.24) is 9.97 Å².